The van der Waals surface area contributed by atoms with E-state index in [1.165, 1.54) is 11.1 Å². The molecule has 0 saturated carbocycles. The highest BCUT2D eigenvalue weighted by Gasteiger charge is 2.26. The fraction of sp³-hybridized carbons (Fsp3) is 0.368. The summed E-state index contributed by atoms with van der Waals surface area (Å²) in [5.74, 6) is 0.0926. The zero-order valence-electron chi connectivity index (χ0n) is 13.1. The van der Waals surface area contributed by atoms with Crippen LogP contribution in [0.4, 0.5) is 0 Å². The Bertz CT molecular complexity index is 535. The Kier molecular flexibility index (Phi) is 5.54. The van der Waals surface area contributed by atoms with Crippen LogP contribution < -0.4 is 5.32 Å². The molecule has 2 rings (SSSR count). The first-order chi connectivity index (χ1) is 10.1. The summed E-state index contributed by atoms with van der Waals surface area (Å²) in [4.78, 5) is 0. The second-order valence-electron chi connectivity index (χ2n) is 5.66. The average molecular weight is 283 g/mol. The maximum absolute atomic E-state index is 10.7. The van der Waals surface area contributed by atoms with E-state index in [0.29, 0.717) is 0 Å². The third kappa shape index (κ3) is 3.93. The predicted octanol–water partition coefficient (Wildman–Crippen LogP) is 4.02. The highest BCUT2D eigenvalue weighted by molar-refractivity contribution is 5.26. The Balaban J connectivity index is 2.23. The molecule has 0 heterocycles. The highest BCUT2D eigenvalue weighted by atomic mass is 16.3. The highest BCUT2D eigenvalue weighted by Crippen LogP contribution is 2.32. The maximum atomic E-state index is 10.7. The van der Waals surface area contributed by atoms with Crippen molar-refractivity contribution in [1.82, 2.24) is 5.32 Å². The normalized spacial score (nSPS) is 15.4. The van der Waals surface area contributed by atoms with Crippen molar-refractivity contribution in [2.45, 2.75) is 32.9 Å². The lowest BCUT2D eigenvalue weighted by atomic mass is 9.86. The van der Waals surface area contributed by atoms with Gasteiger partial charge in [-0.05, 0) is 24.6 Å². The third-order valence-corrected chi connectivity index (χ3v) is 4.03. The predicted molar refractivity (Wildman–Crippen MR) is 88.2 cm³/mol. The van der Waals surface area contributed by atoms with E-state index >= 15 is 0 Å². The Labute approximate surface area is 127 Å². The van der Waals surface area contributed by atoms with Crippen LogP contribution in [0.15, 0.2) is 54.6 Å². The lowest BCUT2D eigenvalue weighted by Crippen LogP contribution is -2.30. The van der Waals surface area contributed by atoms with Gasteiger partial charge in [0.15, 0.2) is 0 Å². The van der Waals surface area contributed by atoms with E-state index in [1.54, 1.807) is 0 Å². The van der Waals surface area contributed by atoms with Gasteiger partial charge in [0.05, 0.1) is 6.10 Å². The molecule has 21 heavy (non-hydrogen) atoms. The molecule has 0 spiro atoms. The molecule has 2 aromatic carbocycles. The van der Waals surface area contributed by atoms with E-state index in [-0.39, 0.29) is 12.0 Å². The molecule has 0 bridgehead atoms. The van der Waals surface area contributed by atoms with E-state index in [2.05, 4.69) is 50.4 Å². The van der Waals surface area contributed by atoms with Gasteiger partial charge in [0.1, 0.15) is 0 Å². The van der Waals surface area contributed by atoms with Crippen LogP contribution in [0.25, 0.3) is 0 Å². The lowest BCUT2D eigenvalue weighted by Gasteiger charge is -2.29. The molecule has 0 fully saturated rings. The lowest BCUT2D eigenvalue weighted by molar-refractivity contribution is 0.0941. The minimum absolute atomic E-state index is 0.0926. The average Bonchev–Trinajstić information content (AvgIpc) is 2.53. The van der Waals surface area contributed by atoms with Crippen LogP contribution in [0, 0.1) is 12.8 Å². The van der Waals surface area contributed by atoms with Crippen LogP contribution in [0.3, 0.4) is 0 Å². The van der Waals surface area contributed by atoms with Crippen LogP contribution in [0.5, 0.6) is 0 Å². The number of aliphatic hydroxyl groups excluding tert-OH is 1. The third-order valence-electron chi connectivity index (χ3n) is 4.03. The summed E-state index contributed by atoms with van der Waals surface area (Å²) in [6, 6.07) is 18.6. The molecule has 112 valence electrons. The van der Waals surface area contributed by atoms with E-state index in [1.807, 2.05) is 30.3 Å². The number of nitrogens with one attached hydrogen (secondary N) is 1. The van der Waals surface area contributed by atoms with Gasteiger partial charge >= 0.3 is 0 Å². The minimum atomic E-state index is -0.475. The number of hydrogen-bond donors (Lipinski definition) is 2. The Morgan fingerprint density at radius 2 is 1.57 bits per heavy atom. The maximum Gasteiger partial charge on any atom is 0.0833 e. The summed E-state index contributed by atoms with van der Waals surface area (Å²) in [6.07, 6.45) is -0.475. The second-order valence-corrected chi connectivity index (χ2v) is 5.66. The Hall–Kier alpha value is -1.64. The van der Waals surface area contributed by atoms with Gasteiger partial charge in [-0.25, -0.2) is 0 Å². The number of rotatable bonds is 6. The van der Waals surface area contributed by atoms with E-state index in [4.69, 9.17) is 0 Å². The van der Waals surface area contributed by atoms with Crippen LogP contribution in [-0.2, 0) is 0 Å². The van der Waals surface area contributed by atoms with Crippen LogP contribution in [0.2, 0.25) is 0 Å². The van der Waals surface area contributed by atoms with Gasteiger partial charge in [0.25, 0.3) is 0 Å². The molecular weight excluding hydrogens is 258 g/mol. The molecule has 0 aromatic heterocycles. The van der Waals surface area contributed by atoms with E-state index in [9.17, 15) is 5.11 Å². The monoisotopic (exact) mass is 283 g/mol. The Morgan fingerprint density at radius 3 is 2.14 bits per heavy atom. The molecule has 0 aliphatic carbocycles. The summed E-state index contributed by atoms with van der Waals surface area (Å²) < 4.78 is 0. The molecule has 0 radical (unpaired) electrons. The first kappa shape index (κ1) is 15.7. The first-order valence-corrected chi connectivity index (χ1v) is 7.66. The molecule has 3 unspecified atom stereocenters. The minimum Gasteiger partial charge on any atom is -0.388 e. The van der Waals surface area contributed by atoms with Crippen molar-refractivity contribution in [3.05, 3.63) is 71.3 Å². The molecule has 2 N–H and O–H groups in total. The zero-order valence-corrected chi connectivity index (χ0v) is 13.1. The summed E-state index contributed by atoms with van der Waals surface area (Å²) in [5.41, 5.74) is 3.45. The van der Waals surface area contributed by atoms with Gasteiger partial charge in [-0.3, -0.25) is 0 Å². The van der Waals surface area contributed by atoms with E-state index < -0.39 is 6.10 Å². The molecule has 0 aliphatic rings. The first-order valence-electron chi connectivity index (χ1n) is 7.66. The van der Waals surface area contributed by atoms with Crippen LogP contribution >= 0.6 is 0 Å². The van der Waals surface area contributed by atoms with Gasteiger partial charge in [-0.2, -0.15) is 0 Å². The summed E-state index contributed by atoms with van der Waals surface area (Å²) >= 11 is 0. The van der Waals surface area contributed by atoms with Gasteiger partial charge in [0, 0.05) is 12.0 Å². The molecule has 2 heteroatoms. The molecular formula is C19H25NO. The molecule has 0 amide bonds. The number of hydrogen-bond acceptors (Lipinski definition) is 2. The molecule has 0 aliphatic heterocycles. The molecule has 0 saturated heterocycles. The zero-order chi connectivity index (χ0) is 15.2. The van der Waals surface area contributed by atoms with Crippen molar-refractivity contribution in [3.8, 4) is 0 Å². The van der Waals surface area contributed by atoms with Gasteiger partial charge in [-0.1, -0.05) is 74.0 Å². The van der Waals surface area contributed by atoms with Crippen molar-refractivity contribution in [1.29, 1.82) is 0 Å². The van der Waals surface area contributed by atoms with E-state index in [0.717, 1.165) is 12.1 Å². The standard InChI is InChI=1S/C19H25NO/c1-4-20-18(16-12-10-14(2)11-13-16)15(3)19(21)17-8-6-5-7-9-17/h5-13,15,18-21H,4H2,1-3H3. The molecule has 2 aromatic rings. The van der Waals surface area contributed by atoms with Gasteiger partial charge in [-0.15, -0.1) is 0 Å². The van der Waals surface area contributed by atoms with Crippen LogP contribution in [0.1, 0.15) is 42.7 Å². The molecule has 2 nitrogen and oxygen atoms in total. The number of aliphatic hydroxyl groups is 1. The smallest absolute Gasteiger partial charge is 0.0833 e. The SMILES string of the molecule is CCNC(c1ccc(C)cc1)C(C)C(O)c1ccccc1. The van der Waals surface area contributed by atoms with Crippen LogP contribution in [-0.4, -0.2) is 11.7 Å². The number of aryl methyl sites for hydroxylation is 1. The quantitative estimate of drug-likeness (QED) is 0.839. The number of benzene rings is 2. The topological polar surface area (TPSA) is 32.3 Å². The largest absolute Gasteiger partial charge is 0.388 e. The summed E-state index contributed by atoms with van der Waals surface area (Å²) in [5, 5.41) is 14.2. The fourth-order valence-corrected chi connectivity index (χ4v) is 2.74. The summed E-state index contributed by atoms with van der Waals surface area (Å²) in [6.45, 7) is 7.17. The molecule has 3 atom stereocenters. The van der Waals surface area contributed by atoms with Gasteiger partial charge in [0.2, 0.25) is 0 Å². The Morgan fingerprint density at radius 1 is 0.952 bits per heavy atom. The summed E-state index contributed by atoms with van der Waals surface area (Å²) in [7, 11) is 0. The van der Waals surface area contributed by atoms with Crippen molar-refractivity contribution in [2.75, 3.05) is 6.54 Å². The van der Waals surface area contributed by atoms with Crippen molar-refractivity contribution < 1.29 is 5.11 Å². The van der Waals surface area contributed by atoms with Crippen molar-refractivity contribution >= 4 is 0 Å². The fourth-order valence-electron chi connectivity index (χ4n) is 2.74. The van der Waals surface area contributed by atoms with Gasteiger partial charge < -0.3 is 10.4 Å². The van der Waals surface area contributed by atoms with Crippen molar-refractivity contribution in [2.24, 2.45) is 5.92 Å². The second kappa shape index (κ2) is 7.39. The van der Waals surface area contributed by atoms with Crippen molar-refractivity contribution in [3.63, 3.8) is 0 Å².